The molecule has 2 aromatic rings. The Balaban J connectivity index is 1.42. The molecule has 4 rings (SSSR count). The van der Waals surface area contributed by atoms with Gasteiger partial charge in [-0.15, -0.1) is 0 Å². The summed E-state index contributed by atoms with van der Waals surface area (Å²) in [5.41, 5.74) is 2.94. The molecular weight excluding hydrogens is 330 g/mol. The molecule has 0 aromatic carbocycles. The molecule has 2 aliphatic heterocycles. The minimum atomic E-state index is -0.319. The molecule has 4 heterocycles. The average Bonchev–Trinajstić information content (AvgIpc) is 3.37. The van der Waals surface area contributed by atoms with Gasteiger partial charge in [0.25, 0.3) is 5.91 Å². The Bertz CT molecular complexity index is 823. The summed E-state index contributed by atoms with van der Waals surface area (Å²) in [5, 5.41) is 2.97. The van der Waals surface area contributed by atoms with Gasteiger partial charge in [0.2, 0.25) is 5.91 Å². The third kappa shape index (κ3) is 3.33. The fourth-order valence-corrected chi connectivity index (χ4v) is 3.98. The normalized spacial score (nSPS) is 22.9. The summed E-state index contributed by atoms with van der Waals surface area (Å²) < 4.78 is 7.41. The lowest BCUT2D eigenvalue weighted by Crippen LogP contribution is -2.45. The smallest absolute Gasteiger partial charge is 0.255 e. The number of nitrogens with zero attached hydrogens (tertiary/aromatic N) is 2. The number of pyridine rings is 1. The fourth-order valence-electron chi connectivity index (χ4n) is 3.98. The lowest BCUT2D eigenvalue weighted by atomic mass is 10.1. The third-order valence-electron chi connectivity index (χ3n) is 5.35. The molecule has 2 aliphatic rings. The van der Waals surface area contributed by atoms with Crippen molar-refractivity contribution in [1.82, 2.24) is 14.6 Å². The molecule has 6 heteroatoms. The van der Waals surface area contributed by atoms with Crippen LogP contribution in [-0.2, 0) is 9.53 Å². The number of aromatic nitrogens is 1. The first-order chi connectivity index (χ1) is 12.6. The van der Waals surface area contributed by atoms with Crippen LogP contribution in [0.2, 0.25) is 0 Å². The van der Waals surface area contributed by atoms with Gasteiger partial charge >= 0.3 is 0 Å². The predicted octanol–water partition coefficient (Wildman–Crippen LogP) is 2.15. The molecule has 26 heavy (non-hydrogen) atoms. The molecule has 2 fully saturated rings. The molecule has 1 N–H and O–H groups in total. The summed E-state index contributed by atoms with van der Waals surface area (Å²) in [4.78, 5) is 27.0. The first-order valence-electron chi connectivity index (χ1n) is 9.40. The van der Waals surface area contributed by atoms with Gasteiger partial charge in [-0.25, -0.2) is 0 Å². The van der Waals surface area contributed by atoms with E-state index in [1.165, 1.54) is 5.56 Å². The van der Waals surface area contributed by atoms with Gasteiger partial charge in [-0.3, -0.25) is 9.59 Å². The molecule has 0 unspecified atom stereocenters. The van der Waals surface area contributed by atoms with E-state index >= 15 is 0 Å². The number of carbonyl (C=O) groups is 2. The second-order valence-electron chi connectivity index (χ2n) is 7.31. The Morgan fingerprint density at radius 3 is 2.92 bits per heavy atom. The van der Waals surface area contributed by atoms with Crippen molar-refractivity contribution in [3.05, 3.63) is 41.7 Å². The van der Waals surface area contributed by atoms with E-state index in [4.69, 9.17) is 4.74 Å². The average molecular weight is 355 g/mol. The van der Waals surface area contributed by atoms with Crippen LogP contribution in [-0.4, -0.2) is 53.0 Å². The molecule has 2 atom stereocenters. The number of hydrogen-bond acceptors (Lipinski definition) is 3. The first kappa shape index (κ1) is 17.1. The maximum atomic E-state index is 13.0. The first-order valence-corrected chi connectivity index (χ1v) is 9.40. The largest absolute Gasteiger partial charge is 0.368 e. The highest BCUT2D eigenvalue weighted by atomic mass is 16.5. The van der Waals surface area contributed by atoms with Gasteiger partial charge in [0.1, 0.15) is 6.10 Å². The maximum absolute atomic E-state index is 13.0. The van der Waals surface area contributed by atoms with Crippen LogP contribution in [0, 0.1) is 6.92 Å². The van der Waals surface area contributed by atoms with Crippen LogP contribution in [0.25, 0.3) is 5.52 Å². The van der Waals surface area contributed by atoms with Crippen LogP contribution in [0.3, 0.4) is 0 Å². The van der Waals surface area contributed by atoms with Gasteiger partial charge < -0.3 is 19.4 Å². The van der Waals surface area contributed by atoms with Crippen LogP contribution in [0.1, 0.15) is 41.6 Å². The minimum Gasteiger partial charge on any atom is -0.368 e. The lowest BCUT2D eigenvalue weighted by molar-refractivity contribution is -0.130. The van der Waals surface area contributed by atoms with E-state index in [0.717, 1.165) is 37.7 Å². The van der Waals surface area contributed by atoms with Gasteiger partial charge in [0, 0.05) is 43.6 Å². The summed E-state index contributed by atoms with van der Waals surface area (Å²) in [6.45, 7) is 3.94. The van der Waals surface area contributed by atoms with Gasteiger partial charge in [0.15, 0.2) is 0 Å². The van der Waals surface area contributed by atoms with E-state index in [1.807, 2.05) is 40.8 Å². The van der Waals surface area contributed by atoms with Crippen molar-refractivity contribution in [2.75, 3.05) is 19.7 Å². The van der Waals surface area contributed by atoms with Crippen LogP contribution >= 0.6 is 0 Å². The molecule has 0 saturated carbocycles. The van der Waals surface area contributed by atoms with Gasteiger partial charge in [-0.05, 0) is 56.4 Å². The number of hydrogen-bond donors (Lipinski definition) is 1. The monoisotopic (exact) mass is 355 g/mol. The van der Waals surface area contributed by atoms with Crippen molar-refractivity contribution in [3.63, 3.8) is 0 Å². The summed E-state index contributed by atoms with van der Waals surface area (Å²) in [6.07, 6.45) is 7.21. The van der Waals surface area contributed by atoms with Gasteiger partial charge in [-0.1, -0.05) is 0 Å². The van der Waals surface area contributed by atoms with Crippen LogP contribution in [0.4, 0.5) is 0 Å². The van der Waals surface area contributed by atoms with E-state index in [-0.39, 0.29) is 24.0 Å². The number of aryl methyl sites for hydroxylation is 1. The standard InChI is InChI=1S/C20H25N3O3/c1-14-10-16-7-6-15(13-22(16)12-14)20(25)23-8-2-4-17(23)11-21-19(24)18-5-3-9-26-18/h6-7,10,12-13,17-18H,2-5,8-9,11H2,1H3,(H,21,24)/t17-,18+/m1/s1. The highest BCUT2D eigenvalue weighted by Gasteiger charge is 2.31. The molecule has 0 aliphatic carbocycles. The van der Waals surface area contributed by atoms with Crippen molar-refractivity contribution < 1.29 is 14.3 Å². The summed E-state index contributed by atoms with van der Waals surface area (Å²) >= 11 is 0. The maximum Gasteiger partial charge on any atom is 0.255 e. The third-order valence-corrected chi connectivity index (χ3v) is 5.35. The van der Waals surface area contributed by atoms with Crippen LogP contribution in [0.15, 0.2) is 30.6 Å². The minimum absolute atomic E-state index is 0.0344. The van der Waals surface area contributed by atoms with Crippen molar-refractivity contribution in [1.29, 1.82) is 0 Å². The highest BCUT2D eigenvalue weighted by Crippen LogP contribution is 2.21. The van der Waals surface area contributed by atoms with Gasteiger partial charge in [-0.2, -0.15) is 0 Å². The summed E-state index contributed by atoms with van der Waals surface area (Å²) in [6, 6.07) is 6.00. The molecule has 2 aromatic heterocycles. The molecule has 2 amide bonds. The molecule has 0 spiro atoms. The Morgan fingerprint density at radius 2 is 2.12 bits per heavy atom. The Kier molecular flexibility index (Phi) is 4.68. The number of ether oxygens (including phenoxy) is 1. The molecule has 2 saturated heterocycles. The molecule has 0 radical (unpaired) electrons. The quantitative estimate of drug-likeness (QED) is 0.914. The molecule has 138 valence electrons. The molecule has 6 nitrogen and oxygen atoms in total. The van der Waals surface area contributed by atoms with E-state index in [1.54, 1.807) is 0 Å². The van der Waals surface area contributed by atoms with Crippen LogP contribution in [0.5, 0.6) is 0 Å². The van der Waals surface area contributed by atoms with Crippen molar-refractivity contribution in [3.8, 4) is 0 Å². The fraction of sp³-hybridized carbons (Fsp3) is 0.500. The lowest BCUT2D eigenvalue weighted by Gasteiger charge is -2.25. The van der Waals surface area contributed by atoms with Crippen molar-refractivity contribution >= 4 is 17.3 Å². The number of fused-ring (bicyclic) bond motifs is 1. The number of nitrogens with one attached hydrogen (secondary N) is 1. The van der Waals surface area contributed by atoms with Crippen molar-refractivity contribution in [2.45, 2.75) is 44.8 Å². The van der Waals surface area contributed by atoms with Crippen molar-refractivity contribution in [2.24, 2.45) is 0 Å². The zero-order valence-corrected chi connectivity index (χ0v) is 15.1. The highest BCUT2D eigenvalue weighted by molar-refractivity contribution is 5.94. The van der Waals surface area contributed by atoms with E-state index in [0.29, 0.717) is 18.7 Å². The van der Waals surface area contributed by atoms with Gasteiger partial charge in [0.05, 0.1) is 5.56 Å². The SMILES string of the molecule is Cc1cc2ccc(C(=O)N3CCC[C@@H]3CNC(=O)[C@@H]3CCCO3)cn2c1. The zero-order valence-electron chi connectivity index (χ0n) is 15.1. The number of likely N-dealkylation sites (tertiary alicyclic amines) is 1. The van der Waals surface area contributed by atoms with E-state index < -0.39 is 0 Å². The Hall–Kier alpha value is -2.34. The predicted molar refractivity (Wildman–Crippen MR) is 98.2 cm³/mol. The topological polar surface area (TPSA) is 63.0 Å². The zero-order chi connectivity index (χ0) is 18.1. The molecular formula is C20H25N3O3. The number of amides is 2. The molecule has 0 bridgehead atoms. The second kappa shape index (κ2) is 7.11. The van der Waals surface area contributed by atoms with E-state index in [2.05, 4.69) is 11.4 Å². The number of rotatable bonds is 4. The van der Waals surface area contributed by atoms with E-state index in [9.17, 15) is 9.59 Å². The van der Waals surface area contributed by atoms with Crippen LogP contribution < -0.4 is 5.32 Å². The summed E-state index contributed by atoms with van der Waals surface area (Å²) in [7, 11) is 0. The Labute approximate surface area is 153 Å². The second-order valence-corrected chi connectivity index (χ2v) is 7.31. The number of carbonyl (C=O) groups excluding carboxylic acids is 2. The Morgan fingerprint density at radius 1 is 1.23 bits per heavy atom. The summed E-state index contributed by atoms with van der Waals surface area (Å²) in [5.74, 6) is -0.0156.